The molecular weight excluding hydrogens is 311 g/mol. The smallest absolute Gasteiger partial charge is 0.337 e. The van der Waals surface area contributed by atoms with Gasteiger partial charge in [-0.3, -0.25) is 4.68 Å². The van der Waals surface area contributed by atoms with Gasteiger partial charge in [-0.25, -0.2) is 14.0 Å². The first-order valence-electron chi connectivity index (χ1n) is 5.19. The summed E-state index contributed by atoms with van der Waals surface area (Å²) in [6.45, 7) is 0. The van der Waals surface area contributed by atoms with E-state index in [1.807, 2.05) is 0 Å². The second kappa shape index (κ2) is 5.14. The van der Waals surface area contributed by atoms with Gasteiger partial charge in [-0.1, -0.05) is 11.6 Å². The first-order chi connectivity index (χ1) is 9.31. The number of hydrogen-bond acceptors (Lipinski definition) is 3. The highest BCUT2D eigenvalue weighted by molar-refractivity contribution is 7.92. The predicted molar refractivity (Wildman–Crippen MR) is 69.3 cm³/mol. The molecule has 0 aliphatic carbocycles. The van der Waals surface area contributed by atoms with Crippen LogP contribution in [0.3, 0.4) is 0 Å². The Morgan fingerprint density at radius 2 is 1.90 bits per heavy atom. The molecule has 1 heterocycles. The standard InChI is InChI=1S/C11H8ClFN2O4S/c12-10-8(11(16)17)5-7(6-9(10)13)20(18,19)14-15-3-1-2-4-15/h1-6,14H,(H,16,17). The molecule has 0 aliphatic heterocycles. The van der Waals surface area contributed by atoms with Crippen LogP contribution >= 0.6 is 11.6 Å². The van der Waals surface area contributed by atoms with Crippen LogP contribution in [0.1, 0.15) is 10.4 Å². The number of aromatic nitrogens is 1. The number of rotatable bonds is 4. The van der Waals surface area contributed by atoms with Crippen molar-refractivity contribution in [1.29, 1.82) is 0 Å². The predicted octanol–water partition coefficient (Wildman–Crippen LogP) is 1.91. The molecule has 0 saturated carbocycles. The summed E-state index contributed by atoms with van der Waals surface area (Å²) in [6.07, 6.45) is 2.84. The van der Waals surface area contributed by atoms with Crippen LogP contribution in [0.2, 0.25) is 5.02 Å². The average molecular weight is 319 g/mol. The number of hydrogen-bond donors (Lipinski definition) is 2. The molecule has 6 nitrogen and oxygen atoms in total. The van der Waals surface area contributed by atoms with E-state index in [0.29, 0.717) is 6.07 Å². The molecule has 106 valence electrons. The van der Waals surface area contributed by atoms with E-state index in [1.54, 1.807) is 12.1 Å². The van der Waals surface area contributed by atoms with Gasteiger partial charge < -0.3 is 5.11 Å². The molecule has 0 radical (unpaired) electrons. The van der Waals surface area contributed by atoms with E-state index in [0.717, 1.165) is 10.7 Å². The molecule has 9 heteroatoms. The first-order valence-corrected chi connectivity index (χ1v) is 7.05. The number of aromatic carboxylic acids is 1. The highest BCUT2D eigenvalue weighted by Gasteiger charge is 2.21. The molecule has 1 aromatic heterocycles. The van der Waals surface area contributed by atoms with E-state index in [1.165, 1.54) is 12.4 Å². The highest BCUT2D eigenvalue weighted by Crippen LogP contribution is 2.24. The third-order valence-electron chi connectivity index (χ3n) is 2.37. The van der Waals surface area contributed by atoms with E-state index >= 15 is 0 Å². The van der Waals surface area contributed by atoms with Crippen LogP contribution in [0.5, 0.6) is 0 Å². The Morgan fingerprint density at radius 1 is 1.30 bits per heavy atom. The summed E-state index contributed by atoms with van der Waals surface area (Å²) in [6, 6.07) is 4.60. The summed E-state index contributed by atoms with van der Waals surface area (Å²) in [5, 5.41) is 8.22. The van der Waals surface area contributed by atoms with Gasteiger partial charge in [-0.15, -0.1) is 0 Å². The van der Waals surface area contributed by atoms with Crippen LogP contribution in [-0.2, 0) is 10.0 Å². The van der Waals surface area contributed by atoms with Crippen molar-refractivity contribution in [3.8, 4) is 0 Å². The van der Waals surface area contributed by atoms with Crippen LogP contribution in [0.25, 0.3) is 0 Å². The van der Waals surface area contributed by atoms with E-state index < -0.39 is 37.3 Å². The summed E-state index contributed by atoms with van der Waals surface area (Å²) in [7, 11) is -4.13. The van der Waals surface area contributed by atoms with Crippen LogP contribution in [0.4, 0.5) is 4.39 Å². The fraction of sp³-hybridized carbons (Fsp3) is 0. The molecule has 0 bridgehead atoms. The Labute approximate surface area is 118 Å². The monoisotopic (exact) mass is 318 g/mol. The molecule has 2 N–H and O–H groups in total. The van der Waals surface area contributed by atoms with Crippen molar-refractivity contribution in [3.63, 3.8) is 0 Å². The summed E-state index contributed by atoms with van der Waals surface area (Å²) in [4.78, 5) is 12.5. The SMILES string of the molecule is O=C(O)c1cc(S(=O)(=O)Nn2cccc2)cc(F)c1Cl. The Morgan fingerprint density at radius 3 is 2.45 bits per heavy atom. The average Bonchev–Trinajstić information content (AvgIpc) is 2.83. The minimum atomic E-state index is -4.13. The zero-order valence-corrected chi connectivity index (χ0v) is 11.3. The molecule has 0 aliphatic rings. The molecule has 2 rings (SSSR count). The molecule has 0 spiro atoms. The number of carboxylic acid groups (broad SMARTS) is 1. The van der Waals surface area contributed by atoms with E-state index in [4.69, 9.17) is 16.7 Å². The van der Waals surface area contributed by atoms with E-state index in [9.17, 15) is 17.6 Å². The topological polar surface area (TPSA) is 88.4 Å². The molecule has 0 saturated heterocycles. The zero-order chi connectivity index (χ0) is 14.9. The maximum atomic E-state index is 13.5. The maximum Gasteiger partial charge on any atom is 0.337 e. The number of carbonyl (C=O) groups is 1. The number of nitrogens with zero attached hydrogens (tertiary/aromatic N) is 1. The van der Waals surface area contributed by atoms with Crippen LogP contribution < -0.4 is 4.83 Å². The van der Waals surface area contributed by atoms with Crippen LogP contribution in [-0.4, -0.2) is 24.2 Å². The maximum absolute atomic E-state index is 13.5. The third-order valence-corrected chi connectivity index (χ3v) is 4.06. The molecule has 20 heavy (non-hydrogen) atoms. The number of benzene rings is 1. The lowest BCUT2D eigenvalue weighted by Gasteiger charge is -2.10. The minimum absolute atomic E-state index is 0.537. The van der Waals surface area contributed by atoms with Gasteiger partial charge in [0.05, 0.1) is 15.5 Å². The summed E-state index contributed by atoms with van der Waals surface area (Å²) >= 11 is 5.48. The third kappa shape index (κ3) is 2.75. The van der Waals surface area contributed by atoms with Crippen molar-refractivity contribution in [2.24, 2.45) is 0 Å². The van der Waals surface area contributed by atoms with Gasteiger partial charge in [0.15, 0.2) is 0 Å². The van der Waals surface area contributed by atoms with Crippen molar-refractivity contribution in [3.05, 3.63) is 53.1 Å². The van der Waals surface area contributed by atoms with Gasteiger partial charge in [-0.05, 0) is 24.3 Å². The van der Waals surface area contributed by atoms with Crippen molar-refractivity contribution < 1.29 is 22.7 Å². The first kappa shape index (κ1) is 14.4. The van der Waals surface area contributed by atoms with Gasteiger partial charge in [0.2, 0.25) is 0 Å². The normalized spacial score (nSPS) is 11.3. The zero-order valence-electron chi connectivity index (χ0n) is 9.75. The van der Waals surface area contributed by atoms with Crippen molar-refractivity contribution >= 4 is 27.6 Å². The minimum Gasteiger partial charge on any atom is -0.478 e. The molecule has 1 aromatic carbocycles. The quantitative estimate of drug-likeness (QED) is 0.901. The fourth-order valence-electron chi connectivity index (χ4n) is 1.46. The van der Waals surface area contributed by atoms with Crippen LogP contribution in [0.15, 0.2) is 41.6 Å². The van der Waals surface area contributed by atoms with Crippen molar-refractivity contribution in [2.75, 3.05) is 4.83 Å². The number of nitrogens with one attached hydrogen (secondary N) is 1. The van der Waals surface area contributed by atoms with Crippen molar-refractivity contribution in [2.45, 2.75) is 4.90 Å². The number of halogens is 2. The Hall–Kier alpha value is -2.06. The molecule has 0 unspecified atom stereocenters. The van der Waals surface area contributed by atoms with Gasteiger partial charge in [-0.2, -0.15) is 8.42 Å². The summed E-state index contributed by atoms with van der Waals surface area (Å²) < 4.78 is 38.6. The molecular formula is C11H8ClFN2O4S. The fourth-order valence-corrected chi connectivity index (χ4v) is 2.69. The molecule has 0 atom stereocenters. The van der Waals surface area contributed by atoms with Gasteiger partial charge in [0.1, 0.15) is 5.82 Å². The molecule has 2 aromatic rings. The number of sulfonamides is 1. The Bertz CT molecular complexity index is 759. The van der Waals surface area contributed by atoms with E-state index in [-0.39, 0.29) is 0 Å². The Balaban J connectivity index is 2.49. The summed E-state index contributed by atoms with van der Waals surface area (Å²) in [5.74, 6) is -2.65. The van der Waals surface area contributed by atoms with Gasteiger partial charge in [0.25, 0.3) is 10.0 Å². The second-order valence-corrected chi connectivity index (χ2v) is 5.80. The second-order valence-electron chi connectivity index (χ2n) is 3.76. The van der Waals surface area contributed by atoms with Crippen LogP contribution in [0, 0.1) is 5.82 Å². The number of carboxylic acids is 1. The lowest BCUT2D eigenvalue weighted by atomic mass is 10.2. The van der Waals surface area contributed by atoms with Gasteiger partial charge in [0, 0.05) is 12.4 Å². The summed E-state index contributed by atoms with van der Waals surface area (Å²) in [5.41, 5.74) is -0.625. The lowest BCUT2D eigenvalue weighted by Crippen LogP contribution is -2.22. The Kier molecular flexibility index (Phi) is 3.69. The van der Waals surface area contributed by atoms with Gasteiger partial charge >= 0.3 is 5.97 Å². The lowest BCUT2D eigenvalue weighted by molar-refractivity contribution is 0.0696. The highest BCUT2D eigenvalue weighted by atomic mass is 35.5. The largest absolute Gasteiger partial charge is 0.478 e. The molecule has 0 amide bonds. The molecule has 0 fully saturated rings. The van der Waals surface area contributed by atoms with E-state index in [2.05, 4.69) is 4.83 Å². The van der Waals surface area contributed by atoms with Crippen molar-refractivity contribution in [1.82, 2.24) is 4.68 Å².